The van der Waals surface area contributed by atoms with Crippen molar-refractivity contribution in [3.63, 3.8) is 0 Å². The summed E-state index contributed by atoms with van der Waals surface area (Å²) in [6, 6.07) is 8.36. The SMILES string of the molecule is CC[N+]1(NS(=O)(=O)C2CCCc3ccccc32)CC(C)CC1C.[Cl-]. The van der Waals surface area contributed by atoms with E-state index in [-0.39, 0.29) is 12.4 Å². The van der Waals surface area contributed by atoms with E-state index < -0.39 is 15.3 Å². The fraction of sp³-hybridized carbons (Fsp3) is 0.667. The standard InChI is InChI=1S/C18H29N2O2S.ClH/c1-4-20(13-14(2)12-15(20)3)19-23(21,22)18-11-7-9-16-8-5-6-10-17(16)18;/h5-6,8,10,14-15,18-19H,4,7,9,11-13H2,1-3H3;1H/q+1;/p-1. The van der Waals surface area contributed by atoms with E-state index in [4.69, 9.17) is 0 Å². The van der Waals surface area contributed by atoms with Gasteiger partial charge in [-0.25, -0.2) is 13.0 Å². The lowest BCUT2D eigenvalue weighted by molar-refractivity contribution is -0.965. The summed E-state index contributed by atoms with van der Waals surface area (Å²) < 4.78 is 26.9. The van der Waals surface area contributed by atoms with Gasteiger partial charge in [-0.2, -0.15) is 0 Å². The van der Waals surface area contributed by atoms with Crippen LogP contribution in [0.15, 0.2) is 24.3 Å². The summed E-state index contributed by atoms with van der Waals surface area (Å²) >= 11 is 0. The Balaban J connectivity index is 0.00000208. The van der Waals surface area contributed by atoms with Crippen LogP contribution in [0.1, 0.15) is 56.4 Å². The molecule has 0 saturated carbocycles. The number of nitrogens with zero attached hydrogens (tertiary/aromatic N) is 1. The van der Waals surface area contributed by atoms with Crippen LogP contribution in [0.4, 0.5) is 0 Å². The summed E-state index contributed by atoms with van der Waals surface area (Å²) in [5.41, 5.74) is 2.19. The van der Waals surface area contributed by atoms with Gasteiger partial charge in [-0.1, -0.05) is 36.0 Å². The van der Waals surface area contributed by atoms with Gasteiger partial charge < -0.3 is 12.4 Å². The summed E-state index contributed by atoms with van der Waals surface area (Å²) in [6.07, 6.45) is 3.74. The van der Waals surface area contributed by atoms with E-state index >= 15 is 0 Å². The molecule has 1 aromatic carbocycles. The lowest BCUT2D eigenvalue weighted by Crippen LogP contribution is -3.00. The maximum Gasteiger partial charge on any atom is 0.260 e. The molecule has 24 heavy (non-hydrogen) atoms. The summed E-state index contributed by atoms with van der Waals surface area (Å²) in [4.78, 5) is 3.12. The van der Waals surface area contributed by atoms with Crippen LogP contribution >= 0.6 is 0 Å². The van der Waals surface area contributed by atoms with Crippen LogP contribution in [0.5, 0.6) is 0 Å². The minimum Gasteiger partial charge on any atom is -1.00 e. The second-order valence-corrected chi connectivity index (χ2v) is 9.28. The van der Waals surface area contributed by atoms with Crippen LogP contribution in [0.3, 0.4) is 0 Å². The van der Waals surface area contributed by atoms with Gasteiger partial charge in [-0.3, -0.25) is 0 Å². The zero-order valence-electron chi connectivity index (χ0n) is 14.8. The third-order valence-corrected chi connectivity index (χ3v) is 7.64. The molecule has 1 N–H and O–H groups in total. The van der Waals surface area contributed by atoms with Crippen LogP contribution in [-0.4, -0.2) is 32.1 Å². The Hall–Kier alpha value is -0.620. The number of fused-ring (bicyclic) bond motifs is 1. The van der Waals surface area contributed by atoms with Gasteiger partial charge in [0.25, 0.3) is 10.0 Å². The molecule has 1 fully saturated rings. The zero-order chi connectivity index (χ0) is 16.7. The number of sulfonamides is 1. The monoisotopic (exact) mass is 372 g/mol. The fourth-order valence-corrected chi connectivity index (χ4v) is 6.63. The highest BCUT2D eigenvalue weighted by molar-refractivity contribution is 7.89. The van der Waals surface area contributed by atoms with Gasteiger partial charge in [-0.15, -0.1) is 0 Å². The maximum atomic E-state index is 13.2. The number of rotatable bonds is 4. The summed E-state index contributed by atoms with van der Waals surface area (Å²) in [5.74, 6) is 0.561. The van der Waals surface area contributed by atoms with Crippen molar-refractivity contribution in [3.05, 3.63) is 35.4 Å². The Bertz CT molecular complexity index is 679. The number of nitrogens with one attached hydrogen (secondary N) is 1. The molecule has 0 aromatic heterocycles. The molecule has 4 unspecified atom stereocenters. The first-order chi connectivity index (χ1) is 10.9. The molecule has 1 aliphatic heterocycles. The van der Waals surface area contributed by atoms with E-state index in [1.165, 1.54) is 5.56 Å². The number of hydrogen-bond donors (Lipinski definition) is 1. The molecule has 3 rings (SSSR count). The van der Waals surface area contributed by atoms with Crippen molar-refractivity contribution in [3.8, 4) is 0 Å². The van der Waals surface area contributed by atoms with Crippen molar-refractivity contribution in [1.82, 2.24) is 4.83 Å². The molecule has 4 nitrogen and oxygen atoms in total. The predicted octanol–water partition coefficient (Wildman–Crippen LogP) is 0.167. The van der Waals surface area contributed by atoms with Crippen molar-refractivity contribution >= 4 is 10.0 Å². The van der Waals surface area contributed by atoms with Crippen molar-refractivity contribution in [2.75, 3.05) is 13.1 Å². The Morgan fingerprint density at radius 2 is 1.96 bits per heavy atom. The Morgan fingerprint density at radius 1 is 1.25 bits per heavy atom. The summed E-state index contributed by atoms with van der Waals surface area (Å²) in [6.45, 7) is 8.18. The normalized spacial score (nSPS) is 32.9. The maximum absolute atomic E-state index is 13.2. The highest BCUT2D eigenvalue weighted by Gasteiger charge is 2.47. The zero-order valence-corrected chi connectivity index (χ0v) is 16.4. The van der Waals surface area contributed by atoms with E-state index in [1.807, 2.05) is 18.2 Å². The molecule has 1 heterocycles. The smallest absolute Gasteiger partial charge is 0.260 e. The molecule has 1 aliphatic carbocycles. The molecule has 0 amide bonds. The second kappa shape index (κ2) is 7.32. The molecule has 136 valence electrons. The fourth-order valence-electron chi connectivity index (χ4n) is 4.58. The second-order valence-electron chi connectivity index (χ2n) is 7.44. The molecule has 6 heteroatoms. The molecular formula is C18H29ClN2O2S. The number of likely N-dealkylation sites (tertiary alicyclic amines) is 1. The van der Waals surface area contributed by atoms with Crippen LogP contribution < -0.4 is 17.2 Å². The molecule has 0 spiro atoms. The highest BCUT2D eigenvalue weighted by Crippen LogP contribution is 2.37. The lowest BCUT2D eigenvalue weighted by atomic mass is 9.91. The Labute approximate surface area is 152 Å². The van der Waals surface area contributed by atoms with Gasteiger partial charge in [0.05, 0.1) is 6.54 Å². The average molecular weight is 373 g/mol. The van der Waals surface area contributed by atoms with Crippen molar-refractivity contribution < 1.29 is 25.4 Å². The average Bonchev–Trinajstić information content (AvgIpc) is 2.80. The van der Waals surface area contributed by atoms with Crippen LogP contribution in [0.2, 0.25) is 0 Å². The van der Waals surface area contributed by atoms with E-state index in [1.54, 1.807) is 0 Å². The molecule has 2 aliphatic rings. The third kappa shape index (κ3) is 3.50. The van der Waals surface area contributed by atoms with E-state index in [0.29, 0.717) is 16.6 Å². The van der Waals surface area contributed by atoms with E-state index in [2.05, 4.69) is 31.7 Å². The van der Waals surface area contributed by atoms with E-state index in [9.17, 15) is 8.42 Å². The minimum atomic E-state index is -3.38. The van der Waals surface area contributed by atoms with Gasteiger partial charge >= 0.3 is 0 Å². The Morgan fingerprint density at radius 3 is 2.58 bits per heavy atom. The molecular weight excluding hydrogens is 344 g/mol. The first kappa shape index (κ1) is 19.7. The van der Waals surface area contributed by atoms with Crippen molar-refractivity contribution in [2.24, 2.45) is 5.92 Å². The first-order valence-electron chi connectivity index (χ1n) is 8.85. The molecule has 0 radical (unpaired) electrons. The number of aryl methyl sites for hydroxylation is 1. The van der Waals surface area contributed by atoms with Gasteiger partial charge in [0, 0.05) is 12.3 Å². The molecule has 0 bridgehead atoms. The van der Waals surface area contributed by atoms with Gasteiger partial charge in [0.15, 0.2) is 0 Å². The number of quaternary nitrogens is 1. The molecule has 4 atom stereocenters. The largest absolute Gasteiger partial charge is 1.00 e. The van der Waals surface area contributed by atoms with Gasteiger partial charge in [0.2, 0.25) is 0 Å². The van der Waals surface area contributed by atoms with Crippen LogP contribution in [-0.2, 0) is 16.4 Å². The lowest BCUT2D eigenvalue weighted by Gasteiger charge is -2.38. The van der Waals surface area contributed by atoms with Gasteiger partial charge in [0.1, 0.15) is 17.8 Å². The van der Waals surface area contributed by atoms with Crippen molar-refractivity contribution in [1.29, 1.82) is 0 Å². The van der Waals surface area contributed by atoms with Gasteiger partial charge in [-0.05, 0) is 44.2 Å². The minimum absolute atomic E-state index is 0. The van der Waals surface area contributed by atoms with Crippen molar-refractivity contribution in [2.45, 2.75) is 57.7 Å². The Kier molecular flexibility index (Phi) is 6.01. The summed E-state index contributed by atoms with van der Waals surface area (Å²) in [5, 5.41) is -0.405. The number of benzene rings is 1. The molecule has 1 saturated heterocycles. The first-order valence-corrected chi connectivity index (χ1v) is 10.4. The van der Waals surface area contributed by atoms with Crippen LogP contribution in [0.25, 0.3) is 0 Å². The number of halogens is 1. The summed E-state index contributed by atoms with van der Waals surface area (Å²) in [7, 11) is -3.38. The topological polar surface area (TPSA) is 46.2 Å². The third-order valence-electron chi connectivity index (χ3n) is 5.79. The number of hydrogen-bond acceptors (Lipinski definition) is 2. The van der Waals surface area contributed by atoms with Crippen LogP contribution in [0, 0.1) is 5.92 Å². The molecule has 1 aromatic rings. The van der Waals surface area contributed by atoms with E-state index in [0.717, 1.165) is 44.3 Å². The highest BCUT2D eigenvalue weighted by atomic mass is 35.5. The predicted molar refractivity (Wildman–Crippen MR) is 93.1 cm³/mol. The quantitative estimate of drug-likeness (QED) is 0.766.